The van der Waals surface area contributed by atoms with E-state index >= 15 is 0 Å². The molecule has 1 saturated carbocycles. The molecule has 18 heavy (non-hydrogen) atoms. The summed E-state index contributed by atoms with van der Waals surface area (Å²) in [7, 11) is 3.47. The maximum atomic E-state index is 5.30. The minimum Gasteiger partial charge on any atom is -0.497 e. The van der Waals surface area contributed by atoms with E-state index in [-0.39, 0.29) is 0 Å². The smallest absolute Gasteiger partial charge is 0.119 e. The average Bonchev–Trinajstić information content (AvgIpc) is 3.22. The third-order valence-corrected chi connectivity index (χ3v) is 3.60. The topological polar surface area (TPSA) is 30.5 Å². The highest BCUT2D eigenvalue weighted by Gasteiger charge is 2.31. The summed E-state index contributed by atoms with van der Waals surface area (Å²) in [6.07, 6.45) is 2.65. The van der Waals surface area contributed by atoms with E-state index in [0.717, 1.165) is 18.3 Å². The van der Waals surface area contributed by atoms with E-state index in [1.54, 1.807) is 14.2 Å². The molecule has 2 atom stereocenters. The zero-order valence-electron chi connectivity index (χ0n) is 11.5. The Hall–Kier alpha value is -1.06. The Bertz CT molecular complexity index is 377. The van der Waals surface area contributed by atoms with Gasteiger partial charge in [-0.15, -0.1) is 0 Å². The number of benzene rings is 1. The first-order chi connectivity index (χ1) is 8.74. The van der Waals surface area contributed by atoms with Gasteiger partial charge in [0.2, 0.25) is 0 Å². The second kappa shape index (κ2) is 6.21. The number of hydrogen-bond acceptors (Lipinski definition) is 3. The Morgan fingerprint density at radius 3 is 2.72 bits per heavy atom. The lowest BCUT2D eigenvalue weighted by Crippen LogP contribution is -2.36. The molecule has 0 saturated heterocycles. The van der Waals surface area contributed by atoms with Crippen LogP contribution in [0.5, 0.6) is 5.75 Å². The second-order valence-corrected chi connectivity index (χ2v) is 5.06. The number of nitrogens with one attached hydrogen (secondary N) is 1. The Balaban J connectivity index is 1.98. The van der Waals surface area contributed by atoms with Crippen molar-refractivity contribution in [3.63, 3.8) is 0 Å². The van der Waals surface area contributed by atoms with Crippen LogP contribution in [-0.4, -0.2) is 26.9 Å². The SMILES string of the molecule is COCC(N[C@H](C)c1cccc(OC)c1)C1CC1. The van der Waals surface area contributed by atoms with Crippen LogP contribution in [0.3, 0.4) is 0 Å². The fourth-order valence-electron chi connectivity index (χ4n) is 2.33. The van der Waals surface area contributed by atoms with Crippen LogP contribution >= 0.6 is 0 Å². The average molecular weight is 249 g/mol. The van der Waals surface area contributed by atoms with Crippen LogP contribution in [0.1, 0.15) is 31.4 Å². The molecule has 0 heterocycles. The summed E-state index contributed by atoms with van der Waals surface area (Å²) in [5, 5.41) is 3.67. The molecule has 0 amide bonds. The zero-order chi connectivity index (χ0) is 13.0. The van der Waals surface area contributed by atoms with Crippen LogP contribution < -0.4 is 10.1 Å². The molecule has 1 fully saturated rings. The van der Waals surface area contributed by atoms with Crippen LogP contribution in [0.2, 0.25) is 0 Å². The fraction of sp³-hybridized carbons (Fsp3) is 0.600. The van der Waals surface area contributed by atoms with E-state index in [4.69, 9.17) is 9.47 Å². The van der Waals surface area contributed by atoms with Crippen molar-refractivity contribution in [1.82, 2.24) is 5.32 Å². The standard InChI is InChI=1S/C15H23NO2/c1-11(13-5-4-6-14(9-13)18-3)16-15(10-17-2)12-7-8-12/h4-6,9,11-12,15-16H,7-8,10H2,1-3H3/t11-,15?/m1/s1. The van der Waals surface area contributed by atoms with E-state index in [1.165, 1.54) is 18.4 Å². The molecule has 1 aromatic rings. The van der Waals surface area contributed by atoms with E-state index < -0.39 is 0 Å². The Kier molecular flexibility index (Phi) is 4.61. The monoisotopic (exact) mass is 249 g/mol. The van der Waals surface area contributed by atoms with Gasteiger partial charge < -0.3 is 14.8 Å². The summed E-state index contributed by atoms with van der Waals surface area (Å²) in [5.41, 5.74) is 1.26. The fourth-order valence-corrected chi connectivity index (χ4v) is 2.33. The highest BCUT2D eigenvalue weighted by atomic mass is 16.5. The molecule has 1 aromatic carbocycles. The van der Waals surface area contributed by atoms with E-state index in [2.05, 4.69) is 24.4 Å². The first-order valence-corrected chi connectivity index (χ1v) is 6.63. The van der Waals surface area contributed by atoms with Crippen LogP contribution in [0.25, 0.3) is 0 Å². The predicted octanol–water partition coefficient (Wildman–Crippen LogP) is 2.77. The number of ether oxygens (including phenoxy) is 2. The third-order valence-electron chi connectivity index (χ3n) is 3.60. The normalized spacial score (nSPS) is 18.4. The summed E-state index contributed by atoms with van der Waals surface area (Å²) in [6, 6.07) is 9.03. The first-order valence-electron chi connectivity index (χ1n) is 6.63. The van der Waals surface area contributed by atoms with Crippen molar-refractivity contribution >= 4 is 0 Å². The Morgan fingerprint density at radius 2 is 2.11 bits per heavy atom. The molecular weight excluding hydrogens is 226 g/mol. The van der Waals surface area contributed by atoms with E-state index in [0.29, 0.717) is 12.1 Å². The van der Waals surface area contributed by atoms with Gasteiger partial charge in [-0.25, -0.2) is 0 Å². The molecule has 0 bridgehead atoms. The lowest BCUT2D eigenvalue weighted by Gasteiger charge is -2.23. The van der Waals surface area contributed by atoms with Crippen molar-refractivity contribution in [1.29, 1.82) is 0 Å². The zero-order valence-corrected chi connectivity index (χ0v) is 11.5. The van der Waals surface area contributed by atoms with Crippen LogP contribution in [-0.2, 0) is 4.74 Å². The summed E-state index contributed by atoms with van der Waals surface area (Å²) in [5.74, 6) is 1.70. The largest absolute Gasteiger partial charge is 0.497 e. The van der Waals surface area contributed by atoms with Gasteiger partial charge >= 0.3 is 0 Å². The van der Waals surface area contributed by atoms with E-state index in [1.807, 2.05) is 12.1 Å². The molecule has 0 radical (unpaired) electrons. The summed E-state index contributed by atoms with van der Waals surface area (Å²) >= 11 is 0. The van der Waals surface area contributed by atoms with Crippen molar-refractivity contribution in [3.8, 4) is 5.75 Å². The summed E-state index contributed by atoms with van der Waals surface area (Å²) in [6.45, 7) is 2.98. The highest BCUT2D eigenvalue weighted by Crippen LogP contribution is 2.34. The molecule has 1 aliphatic rings. The van der Waals surface area contributed by atoms with Crippen LogP contribution in [0.4, 0.5) is 0 Å². The number of rotatable bonds is 7. The summed E-state index contributed by atoms with van der Waals surface area (Å²) < 4.78 is 10.6. The van der Waals surface area contributed by atoms with Crippen LogP contribution in [0, 0.1) is 5.92 Å². The quantitative estimate of drug-likeness (QED) is 0.806. The Labute approximate surface area is 109 Å². The van der Waals surface area contributed by atoms with Crippen molar-refractivity contribution < 1.29 is 9.47 Å². The lowest BCUT2D eigenvalue weighted by molar-refractivity contribution is 0.152. The molecule has 3 heteroatoms. The maximum absolute atomic E-state index is 5.30. The van der Waals surface area contributed by atoms with Gasteiger partial charge in [0.1, 0.15) is 5.75 Å². The van der Waals surface area contributed by atoms with Crippen molar-refractivity contribution in [3.05, 3.63) is 29.8 Å². The van der Waals surface area contributed by atoms with Gasteiger partial charge in [0.25, 0.3) is 0 Å². The van der Waals surface area contributed by atoms with Gasteiger partial charge in [0.15, 0.2) is 0 Å². The van der Waals surface area contributed by atoms with Crippen molar-refractivity contribution in [2.24, 2.45) is 5.92 Å². The van der Waals surface area contributed by atoms with Gasteiger partial charge in [-0.1, -0.05) is 12.1 Å². The van der Waals surface area contributed by atoms with E-state index in [9.17, 15) is 0 Å². The Morgan fingerprint density at radius 1 is 1.33 bits per heavy atom. The molecule has 2 rings (SSSR count). The second-order valence-electron chi connectivity index (χ2n) is 5.06. The lowest BCUT2D eigenvalue weighted by atomic mass is 10.1. The first kappa shape index (κ1) is 13.4. The van der Waals surface area contributed by atoms with Gasteiger partial charge in [0.05, 0.1) is 13.7 Å². The van der Waals surface area contributed by atoms with Crippen LogP contribution in [0.15, 0.2) is 24.3 Å². The summed E-state index contributed by atoms with van der Waals surface area (Å²) in [4.78, 5) is 0. The highest BCUT2D eigenvalue weighted by molar-refractivity contribution is 5.30. The van der Waals surface area contributed by atoms with Gasteiger partial charge in [0, 0.05) is 19.2 Å². The minimum absolute atomic E-state index is 0.320. The van der Waals surface area contributed by atoms with Gasteiger partial charge in [-0.3, -0.25) is 0 Å². The maximum Gasteiger partial charge on any atom is 0.119 e. The molecular formula is C15H23NO2. The molecule has 3 nitrogen and oxygen atoms in total. The van der Waals surface area contributed by atoms with Gasteiger partial charge in [-0.05, 0) is 43.4 Å². The number of methoxy groups -OCH3 is 2. The number of hydrogen-bond donors (Lipinski definition) is 1. The molecule has 1 N–H and O–H groups in total. The molecule has 0 aliphatic heterocycles. The minimum atomic E-state index is 0.320. The van der Waals surface area contributed by atoms with Crippen molar-refractivity contribution in [2.45, 2.75) is 31.8 Å². The molecule has 1 unspecified atom stereocenters. The molecule has 0 aromatic heterocycles. The molecule has 100 valence electrons. The van der Waals surface area contributed by atoms with Gasteiger partial charge in [-0.2, -0.15) is 0 Å². The third kappa shape index (κ3) is 3.47. The van der Waals surface area contributed by atoms with Crippen molar-refractivity contribution in [2.75, 3.05) is 20.8 Å². The predicted molar refractivity (Wildman–Crippen MR) is 72.9 cm³/mol. The molecule has 0 spiro atoms. The molecule has 1 aliphatic carbocycles.